The lowest BCUT2D eigenvalue weighted by atomic mass is 11.0. The highest BCUT2D eigenvalue weighted by molar-refractivity contribution is 7.79. The van der Waals surface area contributed by atoms with Crippen LogP contribution < -0.4 is 12.3 Å². The average molecular weight is 176 g/mol. The maximum atomic E-state index is 8.74. The highest BCUT2D eigenvalue weighted by atomic mass is 32.3. The Morgan fingerprint density at radius 3 is 1.20 bits per heavy atom. The van der Waals surface area contributed by atoms with Gasteiger partial charge in [0.15, 0.2) is 0 Å². The van der Waals surface area contributed by atoms with Crippen LogP contribution >= 0.6 is 0 Å². The fourth-order valence-electron chi connectivity index (χ4n) is 0. The summed E-state index contributed by atoms with van der Waals surface area (Å²) in [5.74, 6) is 0. The molecule has 7 nitrogen and oxygen atoms in total. The van der Waals surface area contributed by atoms with Crippen LogP contribution in [0.3, 0.4) is 0 Å². The van der Waals surface area contributed by atoms with Crippen LogP contribution in [-0.4, -0.2) is 30.7 Å². The van der Waals surface area contributed by atoms with Crippen LogP contribution in [0, 0.1) is 0 Å². The Hall–Kier alpha value is -0.250. The zero-order valence-corrected chi connectivity index (χ0v) is 6.17. The summed E-state index contributed by atoms with van der Waals surface area (Å²) in [6, 6.07) is 0. The molecule has 1 aliphatic heterocycles. The smallest absolute Gasteiger partial charge is 0.377 e. The van der Waals surface area contributed by atoms with Gasteiger partial charge in [0.25, 0.3) is 0 Å². The second kappa shape index (κ2) is 6.86. The lowest BCUT2D eigenvalue weighted by Gasteiger charge is -1.68. The van der Waals surface area contributed by atoms with E-state index in [2.05, 4.69) is 4.74 Å². The van der Waals surface area contributed by atoms with Crippen LogP contribution in [0.15, 0.2) is 0 Å². The molecule has 0 bridgehead atoms. The Labute approximate surface area is 59.1 Å². The molecule has 0 spiro atoms. The van der Waals surface area contributed by atoms with E-state index in [1.54, 1.807) is 0 Å². The van der Waals surface area contributed by atoms with Gasteiger partial charge >= 0.3 is 10.4 Å². The molecule has 0 radical (unpaired) electrons. The van der Waals surface area contributed by atoms with Crippen molar-refractivity contribution in [2.75, 3.05) is 13.2 Å². The molecule has 1 saturated heterocycles. The summed E-state index contributed by atoms with van der Waals surface area (Å²) < 4.78 is 36.1. The standard InChI is InChI=1S/C2H4O.2H3N.H2O4S/c1-2-3-1;;;1-5(2,3)4/h1-2H2;2*1H3;(H2,1,2,3,4). The molecule has 8 N–H and O–H groups in total. The normalized spacial score (nSPS) is 13.0. The molecule has 1 aliphatic rings. The predicted octanol–water partition coefficient (Wildman–Crippen LogP) is -0.312. The van der Waals surface area contributed by atoms with Crippen LogP contribution in [-0.2, 0) is 15.1 Å². The van der Waals surface area contributed by atoms with Crippen LogP contribution in [0.4, 0.5) is 0 Å². The number of epoxide rings is 1. The van der Waals surface area contributed by atoms with Gasteiger partial charge < -0.3 is 17.0 Å². The molecular formula is C2H12N2O5S. The highest BCUT2D eigenvalue weighted by Gasteiger charge is 1.94. The van der Waals surface area contributed by atoms with Gasteiger partial charge in [0.1, 0.15) is 0 Å². The summed E-state index contributed by atoms with van der Waals surface area (Å²) in [5.41, 5.74) is 0. The van der Waals surface area contributed by atoms with Crippen molar-refractivity contribution in [3.8, 4) is 0 Å². The van der Waals surface area contributed by atoms with Crippen LogP contribution in [0.1, 0.15) is 0 Å². The van der Waals surface area contributed by atoms with Crippen molar-refractivity contribution in [1.82, 2.24) is 12.3 Å². The first kappa shape index (κ1) is 16.4. The van der Waals surface area contributed by atoms with Gasteiger partial charge in [-0.3, -0.25) is 9.11 Å². The van der Waals surface area contributed by atoms with Crippen molar-refractivity contribution in [2.24, 2.45) is 0 Å². The third kappa shape index (κ3) is 628. The van der Waals surface area contributed by atoms with Crippen molar-refractivity contribution in [2.45, 2.75) is 0 Å². The van der Waals surface area contributed by atoms with Crippen LogP contribution in [0.5, 0.6) is 0 Å². The third-order valence-electron chi connectivity index (χ3n) is 0.204. The van der Waals surface area contributed by atoms with Crippen molar-refractivity contribution in [3.63, 3.8) is 0 Å². The molecule has 10 heavy (non-hydrogen) atoms. The Kier molecular flexibility index (Phi) is 11.2. The fraction of sp³-hybridized carbons (Fsp3) is 1.00. The van der Waals surface area contributed by atoms with Gasteiger partial charge in [-0.25, -0.2) is 0 Å². The Morgan fingerprint density at radius 1 is 1.10 bits per heavy atom. The first-order valence-electron chi connectivity index (χ1n) is 1.78. The number of hydrogen-bond acceptors (Lipinski definition) is 5. The maximum absolute atomic E-state index is 8.74. The molecule has 1 fully saturated rings. The minimum absolute atomic E-state index is 0. The zero-order valence-electron chi connectivity index (χ0n) is 5.36. The molecule has 0 unspecified atom stereocenters. The first-order valence-corrected chi connectivity index (χ1v) is 3.17. The molecule has 0 aliphatic carbocycles. The van der Waals surface area contributed by atoms with E-state index in [9.17, 15) is 0 Å². The monoisotopic (exact) mass is 176 g/mol. The van der Waals surface area contributed by atoms with Gasteiger partial charge in [0.05, 0.1) is 13.2 Å². The Bertz CT molecular complexity index is 129. The lowest BCUT2D eigenvalue weighted by molar-refractivity contribution is 0.381. The van der Waals surface area contributed by atoms with Crippen molar-refractivity contribution in [1.29, 1.82) is 0 Å². The van der Waals surface area contributed by atoms with Gasteiger partial charge in [0.2, 0.25) is 0 Å². The highest BCUT2D eigenvalue weighted by Crippen LogP contribution is 1.84. The van der Waals surface area contributed by atoms with E-state index in [1.807, 2.05) is 0 Å². The van der Waals surface area contributed by atoms with Crippen LogP contribution in [0.25, 0.3) is 0 Å². The molecule has 0 aromatic carbocycles. The van der Waals surface area contributed by atoms with Crippen molar-refractivity contribution < 1.29 is 22.3 Å². The molecule has 0 saturated carbocycles. The van der Waals surface area contributed by atoms with E-state index < -0.39 is 10.4 Å². The van der Waals surface area contributed by atoms with Crippen molar-refractivity contribution >= 4 is 10.4 Å². The third-order valence-corrected chi connectivity index (χ3v) is 0.204. The molecule has 0 atom stereocenters. The van der Waals surface area contributed by atoms with Gasteiger partial charge in [-0.2, -0.15) is 8.42 Å². The largest absolute Gasteiger partial charge is 0.394 e. The average Bonchev–Trinajstić information content (AvgIpc) is 1.95. The van der Waals surface area contributed by atoms with Gasteiger partial charge in [-0.15, -0.1) is 0 Å². The molecule has 1 heterocycles. The second-order valence-corrected chi connectivity index (χ2v) is 1.96. The van der Waals surface area contributed by atoms with Crippen molar-refractivity contribution in [3.05, 3.63) is 0 Å². The Balaban J connectivity index is -0.0000000860. The summed E-state index contributed by atoms with van der Waals surface area (Å²) >= 11 is 0. The number of hydrogen-bond donors (Lipinski definition) is 4. The van der Waals surface area contributed by atoms with E-state index in [0.29, 0.717) is 0 Å². The molecule has 8 heteroatoms. The van der Waals surface area contributed by atoms with Crippen LogP contribution in [0.2, 0.25) is 0 Å². The lowest BCUT2D eigenvalue weighted by Crippen LogP contribution is -1.89. The molecule has 1 rings (SSSR count). The Morgan fingerprint density at radius 2 is 1.20 bits per heavy atom. The molecule has 0 amide bonds. The first-order chi connectivity index (χ1) is 3.50. The SMILES string of the molecule is C1CO1.N.N.O=S(=O)(O)O. The fourth-order valence-corrected chi connectivity index (χ4v) is 0. The van der Waals surface area contributed by atoms with E-state index >= 15 is 0 Å². The topological polar surface area (TPSA) is 157 Å². The van der Waals surface area contributed by atoms with Gasteiger partial charge in [0, 0.05) is 0 Å². The number of ether oxygens (including phenoxy) is 1. The minimum atomic E-state index is -4.67. The van der Waals surface area contributed by atoms with Gasteiger partial charge in [-0.1, -0.05) is 0 Å². The summed E-state index contributed by atoms with van der Waals surface area (Å²) in [7, 11) is -4.67. The zero-order chi connectivity index (χ0) is 6.62. The molecular weight excluding hydrogens is 164 g/mol. The quantitative estimate of drug-likeness (QED) is 0.291. The number of rotatable bonds is 0. The van der Waals surface area contributed by atoms with E-state index in [0.717, 1.165) is 13.2 Å². The molecule has 66 valence electrons. The molecule has 0 aromatic rings. The van der Waals surface area contributed by atoms with E-state index in [1.165, 1.54) is 0 Å². The molecule has 0 aromatic heterocycles. The maximum Gasteiger partial charge on any atom is 0.394 e. The van der Waals surface area contributed by atoms with Gasteiger partial charge in [-0.05, 0) is 0 Å². The van der Waals surface area contributed by atoms with E-state index in [4.69, 9.17) is 17.5 Å². The van der Waals surface area contributed by atoms with E-state index in [-0.39, 0.29) is 12.3 Å². The summed E-state index contributed by atoms with van der Waals surface area (Å²) in [6.07, 6.45) is 0. The predicted molar refractivity (Wildman–Crippen MR) is 35.0 cm³/mol. The minimum Gasteiger partial charge on any atom is -0.377 e. The second-order valence-electron chi connectivity index (χ2n) is 1.06. The summed E-state index contributed by atoms with van der Waals surface area (Å²) in [5, 5.41) is 0. The summed E-state index contributed by atoms with van der Waals surface area (Å²) in [4.78, 5) is 0. The summed E-state index contributed by atoms with van der Waals surface area (Å²) in [6.45, 7) is 2.00.